The zero-order valence-electron chi connectivity index (χ0n) is 21.1. The van der Waals surface area contributed by atoms with Crippen molar-refractivity contribution in [2.75, 3.05) is 39.8 Å². The van der Waals surface area contributed by atoms with E-state index < -0.39 is 0 Å². The van der Waals surface area contributed by atoms with Crippen molar-refractivity contribution in [2.24, 2.45) is 11.7 Å². The van der Waals surface area contributed by atoms with E-state index in [1.54, 1.807) is 19.2 Å². The van der Waals surface area contributed by atoms with E-state index in [-0.39, 0.29) is 17.8 Å². The van der Waals surface area contributed by atoms with Gasteiger partial charge >= 0.3 is 0 Å². The zero-order chi connectivity index (χ0) is 24.6. The third-order valence-corrected chi connectivity index (χ3v) is 8.84. The second-order valence-corrected chi connectivity index (χ2v) is 11.2. The zero-order valence-corrected chi connectivity index (χ0v) is 22.7. The van der Waals surface area contributed by atoms with Crippen LogP contribution in [0.25, 0.3) is 0 Å². The smallest absolute Gasteiger partial charge is 0.126 e. The summed E-state index contributed by atoms with van der Waals surface area (Å²) < 4.78 is 21.3. The lowest BCUT2D eigenvalue weighted by atomic mass is 9.78. The van der Waals surface area contributed by atoms with E-state index in [2.05, 4.69) is 37.9 Å². The molecule has 2 unspecified atom stereocenters. The second kappa shape index (κ2) is 13.2. The molecule has 1 aliphatic heterocycles. The van der Waals surface area contributed by atoms with Gasteiger partial charge in [-0.3, -0.25) is 4.90 Å². The lowest BCUT2D eigenvalue weighted by molar-refractivity contribution is 0.123. The summed E-state index contributed by atoms with van der Waals surface area (Å²) in [5.74, 6) is 1.59. The van der Waals surface area contributed by atoms with Crippen LogP contribution in [0.3, 0.4) is 0 Å². The van der Waals surface area contributed by atoms with Gasteiger partial charge in [-0.2, -0.15) is 0 Å². The van der Waals surface area contributed by atoms with Gasteiger partial charge in [-0.25, -0.2) is 4.39 Å². The lowest BCUT2D eigenvalue weighted by Gasteiger charge is -2.36. The van der Waals surface area contributed by atoms with Gasteiger partial charge in [0.25, 0.3) is 0 Å². The molecular weight excluding hydrogens is 505 g/mol. The molecule has 1 saturated heterocycles. The topological polar surface area (TPSA) is 41.7 Å². The van der Waals surface area contributed by atoms with Crippen LogP contribution in [0.4, 0.5) is 4.39 Å². The number of rotatable bonds is 10. The minimum Gasteiger partial charge on any atom is -0.497 e. The third-order valence-electron chi connectivity index (χ3n) is 8.06. The molecule has 1 heterocycles. The molecule has 1 aliphatic carbocycles. The molecule has 0 bridgehead atoms. The number of nitrogens with two attached hydrogens (primary N) is 1. The Morgan fingerprint density at radius 2 is 1.74 bits per heavy atom. The van der Waals surface area contributed by atoms with Gasteiger partial charge < -0.3 is 15.4 Å². The number of hydrogen-bond donors (Lipinski definition) is 1. The van der Waals surface area contributed by atoms with Crippen LogP contribution in [-0.4, -0.2) is 55.7 Å². The number of nitrogens with zero attached hydrogens (tertiary/aromatic N) is 2. The van der Waals surface area contributed by atoms with Crippen molar-refractivity contribution in [1.82, 2.24) is 9.80 Å². The lowest BCUT2D eigenvalue weighted by Crippen LogP contribution is -2.46. The van der Waals surface area contributed by atoms with Gasteiger partial charge in [-0.15, -0.1) is 0 Å². The fraction of sp³-hybridized carbons (Fsp3) is 0.586. The van der Waals surface area contributed by atoms with Gasteiger partial charge in [0.1, 0.15) is 11.6 Å². The largest absolute Gasteiger partial charge is 0.497 e. The minimum absolute atomic E-state index is 0.0815. The van der Waals surface area contributed by atoms with Crippen molar-refractivity contribution >= 4 is 15.9 Å². The highest BCUT2D eigenvalue weighted by Gasteiger charge is 2.26. The summed E-state index contributed by atoms with van der Waals surface area (Å²) in [7, 11) is 1.71. The van der Waals surface area contributed by atoms with E-state index in [1.165, 1.54) is 37.7 Å². The molecule has 4 nitrogen and oxygen atoms in total. The Labute approximate surface area is 219 Å². The van der Waals surface area contributed by atoms with Crippen LogP contribution in [0.2, 0.25) is 0 Å². The Bertz CT molecular complexity index is 928. The summed E-state index contributed by atoms with van der Waals surface area (Å²) in [4.78, 5) is 5.04. The van der Waals surface area contributed by atoms with Crippen LogP contribution in [-0.2, 0) is 6.54 Å². The van der Waals surface area contributed by atoms with Gasteiger partial charge in [0, 0.05) is 43.2 Å². The average molecular weight is 547 g/mol. The van der Waals surface area contributed by atoms with E-state index in [0.717, 1.165) is 67.9 Å². The Hall–Kier alpha value is -1.47. The molecule has 2 aromatic carbocycles. The minimum atomic E-state index is -0.0815. The number of methoxy groups -OCH3 is 1. The van der Waals surface area contributed by atoms with E-state index in [4.69, 9.17) is 10.5 Å². The molecule has 0 spiro atoms. The van der Waals surface area contributed by atoms with Crippen molar-refractivity contribution < 1.29 is 9.13 Å². The first-order valence-electron chi connectivity index (χ1n) is 13.3. The van der Waals surface area contributed by atoms with Crippen LogP contribution < -0.4 is 10.5 Å². The first-order valence-corrected chi connectivity index (χ1v) is 14.1. The molecule has 1 saturated carbocycles. The molecule has 2 atom stereocenters. The van der Waals surface area contributed by atoms with Gasteiger partial charge in [-0.1, -0.05) is 53.4 Å². The number of hydrogen-bond acceptors (Lipinski definition) is 4. The highest BCUT2D eigenvalue weighted by atomic mass is 79.9. The molecule has 0 amide bonds. The van der Waals surface area contributed by atoms with Crippen LogP contribution in [0.15, 0.2) is 46.9 Å². The molecule has 2 aliphatic rings. The second-order valence-electron chi connectivity index (χ2n) is 10.4. The normalized spacial score (nSPS) is 20.0. The van der Waals surface area contributed by atoms with Crippen molar-refractivity contribution in [2.45, 2.75) is 63.5 Å². The molecular formula is C29H41BrFN3O. The molecule has 4 rings (SSSR count). The standard InChI is InChI=1S/C29H41BrFN3O/c1-35-25-11-12-27(30)24(19-25)21-34-17-15-33(16-18-34)14-13-23(26-9-5-6-10-28(26)31)20-29(32)22-7-3-2-4-8-22/h5-6,9-12,19,22-23,29H,2-4,7-8,13-18,20-21,32H2,1H3. The van der Waals surface area contributed by atoms with Crippen molar-refractivity contribution in [3.05, 3.63) is 63.9 Å². The summed E-state index contributed by atoms with van der Waals surface area (Å²) in [5.41, 5.74) is 8.82. The Morgan fingerprint density at radius 3 is 2.46 bits per heavy atom. The predicted molar refractivity (Wildman–Crippen MR) is 145 cm³/mol. The predicted octanol–water partition coefficient (Wildman–Crippen LogP) is 6.19. The molecule has 0 radical (unpaired) electrons. The Kier molecular flexibility index (Phi) is 10.0. The monoisotopic (exact) mass is 545 g/mol. The van der Waals surface area contributed by atoms with Gasteiger partial charge in [0.05, 0.1) is 7.11 Å². The Morgan fingerprint density at radius 1 is 1.03 bits per heavy atom. The highest BCUT2D eigenvalue weighted by Crippen LogP contribution is 2.33. The van der Waals surface area contributed by atoms with Gasteiger partial charge in [-0.05, 0) is 79.5 Å². The number of halogens is 2. The molecule has 2 fully saturated rings. The maximum Gasteiger partial charge on any atom is 0.126 e. The fourth-order valence-electron chi connectivity index (χ4n) is 5.84. The quantitative estimate of drug-likeness (QED) is 0.386. The SMILES string of the molecule is COc1ccc(Br)c(CN2CCN(CCC(CC(N)C3CCCCC3)c3ccccc3F)CC2)c1. The Balaban J connectivity index is 1.31. The van der Waals surface area contributed by atoms with Gasteiger partial charge in [0.2, 0.25) is 0 Å². The van der Waals surface area contributed by atoms with Crippen LogP contribution >= 0.6 is 15.9 Å². The molecule has 2 N–H and O–H groups in total. The van der Waals surface area contributed by atoms with E-state index in [0.29, 0.717) is 5.92 Å². The molecule has 2 aromatic rings. The van der Waals surface area contributed by atoms with Gasteiger partial charge in [0.15, 0.2) is 0 Å². The molecule has 6 heteroatoms. The van der Waals surface area contributed by atoms with Crippen LogP contribution in [0.5, 0.6) is 5.75 Å². The average Bonchev–Trinajstić information content (AvgIpc) is 2.89. The van der Waals surface area contributed by atoms with Crippen LogP contribution in [0, 0.1) is 11.7 Å². The third kappa shape index (κ3) is 7.51. The maximum absolute atomic E-state index is 14.8. The van der Waals surface area contributed by atoms with Crippen molar-refractivity contribution in [3.63, 3.8) is 0 Å². The van der Waals surface area contributed by atoms with E-state index in [1.807, 2.05) is 18.2 Å². The fourth-order valence-corrected chi connectivity index (χ4v) is 6.21. The summed E-state index contributed by atoms with van der Waals surface area (Å²) in [6, 6.07) is 13.7. The van der Waals surface area contributed by atoms with E-state index >= 15 is 0 Å². The number of piperazine rings is 1. The van der Waals surface area contributed by atoms with Crippen LogP contribution in [0.1, 0.15) is 62.0 Å². The summed E-state index contributed by atoms with van der Waals surface area (Å²) in [5, 5.41) is 0. The summed E-state index contributed by atoms with van der Waals surface area (Å²) in [6.45, 7) is 6.07. The van der Waals surface area contributed by atoms with Crippen molar-refractivity contribution in [1.29, 1.82) is 0 Å². The summed E-state index contributed by atoms with van der Waals surface area (Å²) >= 11 is 3.68. The molecule has 35 heavy (non-hydrogen) atoms. The highest BCUT2D eigenvalue weighted by molar-refractivity contribution is 9.10. The molecule has 0 aromatic heterocycles. The number of ether oxygens (including phenoxy) is 1. The molecule has 192 valence electrons. The van der Waals surface area contributed by atoms with E-state index in [9.17, 15) is 4.39 Å². The maximum atomic E-state index is 14.8. The first kappa shape index (κ1) is 26.6. The first-order chi connectivity index (χ1) is 17.0. The van der Waals surface area contributed by atoms with Crippen molar-refractivity contribution in [3.8, 4) is 5.75 Å². The number of benzene rings is 2. The summed E-state index contributed by atoms with van der Waals surface area (Å²) in [6.07, 6.45) is 8.23.